The molecule has 1 aliphatic heterocycles. The molecule has 0 amide bonds. The van der Waals surface area contributed by atoms with Crippen LogP contribution in [0.3, 0.4) is 0 Å². The highest BCUT2D eigenvalue weighted by Gasteiger charge is 2.23. The van der Waals surface area contributed by atoms with Gasteiger partial charge in [-0.15, -0.1) is 0 Å². The number of benzene rings is 1. The lowest BCUT2D eigenvalue weighted by molar-refractivity contribution is 0.0980. The van der Waals surface area contributed by atoms with Crippen molar-refractivity contribution >= 4 is 11.5 Å². The maximum absolute atomic E-state index is 11.8. The van der Waals surface area contributed by atoms with E-state index in [0.29, 0.717) is 12.2 Å². The van der Waals surface area contributed by atoms with E-state index in [4.69, 9.17) is 0 Å². The number of nitrogens with zero attached hydrogens (tertiary/aromatic N) is 1. The topological polar surface area (TPSA) is 20.3 Å². The predicted molar refractivity (Wildman–Crippen MR) is 58.1 cm³/mol. The molecule has 74 valence electrons. The van der Waals surface area contributed by atoms with Crippen molar-refractivity contribution in [3.05, 3.63) is 28.8 Å². The summed E-state index contributed by atoms with van der Waals surface area (Å²) in [7, 11) is 2.05. The zero-order chi connectivity index (χ0) is 10.3. The molecule has 2 nitrogen and oxygen atoms in total. The van der Waals surface area contributed by atoms with Crippen molar-refractivity contribution in [2.24, 2.45) is 0 Å². The van der Waals surface area contributed by atoms with Gasteiger partial charge < -0.3 is 4.90 Å². The van der Waals surface area contributed by atoms with Gasteiger partial charge in [0, 0.05) is 25.6 Å². The van der Waals surface area contributed by atoms with Gasteiger partial charge in [0.25, 0.3) is 0 Å². The first-order valence-corrected chi connectivity index (χ1v) is 4.96. The Morgan fingerprint density at radius 1 is 1.21 bits per heavy atom. The lowest BCUT2D eigenvalue weighted by Gasteiger charge is -2.29. The molecular weight excluding hydrogens is 174 g/mol. The van der Waals surface area contributed by atoms with Crippen LogP contribution in [0.5, 0.6) is 0 Å². The second kappa shape index (κ2) is 3.12. The van der Waals surface area contributed by atoms with E-state index < -0.39 is 0 Å². The van der Waals surface area contributed by atoms with Gasteiger partial charge >= 0.3 is 0 Å². The molecule has 1 aromatic carbocycles. The number of Topliss-reactive ketones (excluding diaryl/α,β-unsaturated/α-hetero) is 1. The van der Waals surface area contributed by atoms with Crippen LogP contribution in [0, 0.1) is 13.8 Å². The molecule has 0 bridgehead atoms. The highest BCUT2D eigenvalue weighted by molar-refractivity contribution is 6.05. The fraction of sp³-hybridized carbons (Fsp3) is 0.417. The molecule has 2 rings (SSSR count). The molecule has 1 aliphatic rings. The van der Waals surface area contributed by atoms with Crippen LogP contribution in [0.2, 0.25) is 0 Å². The molecule has 0 radical (unpaired) electrons. The lowest BCUT2D eigenvalue weighted by atomic mass is 9.93. The smallest absolute Gasteiger partial charge is 0.166 e. The summed E-state index contributed by atoms with van der Waals surface area (Å²) in [5, 5.41) is 0. The van der Waals surface area contributed by atoms with Gasteiger partial charge in [0.15, 0.2) is 5.78 Å². The largest absolute Gasteiger partial charge is 0.373 e. The third-order valence-corrected chi connectivity index (χ3v) is 2.92. The first-order chi connectivity index (χ1) is 6.61. The first-order valence-electron chi connectivity index (χ1n) is 4.96. The third-order valence-electron chi connectivity index (χ3n) is 2.92. The Labute approximate surface area is 84.5 Å². The monoisotopic (exact) mass is 189 g/mol. The van der Waals surface area contributed by atoms with E-state index in [2.05, 4.69) is 24.9 Å². The minimum Gasteiger partial charge on any atom is -0.373 e. The SMILES string of the molecule is Cc1ccc(C)c2c1C(=O)CCN2C. The number of carbonyl (C=O) groups is 1. The Morgan fingerprint density at radius 3 is 2.50 bits per heavy atom. The number of rotatable bonds is 0. The molecule has 1 aromatic rings. The molecule has 14 heavy (non-hydrogen) atoms. The first kappa shape index (κ1) is 9.25. The van der Waals surface area contributed by atoms with Gasteiger partial charge in [-0.2, -0.15) is 0 Å². The number of aryl methyl sites for hydroxylation is 2. The van der Waals surface area contributed by atoms with Crippen molar-refractivity contribution in [1.29, 1.82) is 0 Å². The summed E-state index contributed by atoms with van der Waals surface area (Å²) in [6.45, 7) is 4.92. The van der Waals surface area contributed by atoms with Crippen molar-refractivity contribution in [1.82, 2.24) is 0 Å². The molecule has 0 saturated heterocycles. The third kappa shape index (κ3) is 1.22. The van der Waals surface area contributed by atoms with E-state index >= 15 is 0 Å². The van der Waals surface area contributed by atoms with Crippen LogP contribution in [-0.2, 0) is 0 Å². The van der Waals surface area contributed by atoms with E-state index in [1.54, 1.807) is 0 Å². The minimum absolute atomic E-state index is 0.291. The van der Waals surface area contributed by atoms with Crippen molar-refractivity contribution in [2.75, 3.05) is 18.5 Å². The van der Waals surface area contributed by atoms with Gasteiger partial charge in [-0.05, 0) is 25.0 Å². The van der Waals surface area contributed by atoms with Crippen LogP contribution >= 0.6 is 0 Å². The van der Waals surface area contributed by atoms with Crippen LogP contribution < -0.4 is 4.90 Å². The molecule has 1 heterocycles. The number of ketones is 1. The Balaban J connectivity index is 2.71. The number of carbonyl (C=O) groups excluding carboxylic acids is 1. The fourth-order valence-corrected chi connectivity index (χ4v) is 2.15. The van der Waals surface area contributed by atoms with E-state index in [1.807, 2.05) is 13.0 Å². The van der Waals surface area contributed by atoms with E-state index in [9.17, 15) is 4.79 Å². The Bertz CT molecular complexity index is 396. The highest BCUT2D eigenvalue weighted by Crippen LogP contribution is 2.31. The lowest BCUT2D eigenvalue weighted by Crippen LogP contribution is -2.29. The summed E-state index contributed by atoms with van der Waals surface area (Å²) >= 11 is 0. The van der Waals surface area contributed by atoms with Gasteiger partial charge in [-0.25, -0.2) is 0 Å². The maximum Gasteiger partial charge on any atom is 0.166 e. The number of hydrogen-bond acceptors (Lipinski definition) is 2. The Kier molecular flexibility index (Phi) is 2.06. The number of hydrogen-bond donors (Lipinski definition) is 0. The summed E-state index contributed by atoms with van der Waals surface area (Å²) in [6.07, 6.45) is 0.647. The Hall–Kier alpha value is -1.31. The van der Waals surface area contributed by atoms with Crippen molar-refractivity contribution in [3.8, 4) is 0 Å². The molecule has 2 heteroatoms. The summed E-state index contributed by atoms with van der Waals surface area (Å²) in [5.74, 6) is 0.291. The van der Waals surface area contributed by atoms with E-state index in [0.717, 1.165) is 23.4 Å². The van der Waals surface area contributed by atoms with Crippen LogP contribution in [0.25, 0.3) is 0 Å². The van der Waals surface area contributed by atoms with Crippen molar-refractivity contribution in [3.63, 3.8) is 0 Å². The molecule has 0 atom stereocenters. The zero-order valence-corrected chi connectivity index (χ0v) is 8.92. The van der Waals surface area contributed by atoms with Crippen LogP contribution in [-0.4, -0.2) is 19.4 Å². The molecule has 0 saturated carbocycles. The average Bonchev–Trinajstić information content (AvgIpc) is 2.16. The molecule has 0 N–H and O–H groups in total. The summed E-state index contributed by atoms with van der Waals surface area (Å²) in [6, 6.07) is 4.12. The summed E-state index contributed by atoms with van der Waals surface area (Å²) in [4.78, 5) is 14.0. The minimum atomic E-state index is 0.291. The zero-order valence-electron chi connectivity index (χ0n) is 8.92. The van der Waals surface area contributed by atoms with Gasteiger partial charge in [0.2, 0.25) is 0 Å². The van der Waals surface area contributed by atoms with Crippen LogP contribution in [0.4, 0.5) is 5.69 Å². The quantitative estimate of drug-likeness (QED) is 0.624. The second-order valence-electron chi connectivity index (χ2n) is 4.02. The highest BCUT2D eigenvalue weighted by atomic mass is 16.1. The normalized spacial score (nSPS) is 15.6. The number of anilines is 1. The second-order valence-corrected chi connectivity index (χ2v) is 4.02. The fourth-order valence-electron chi connectivity index (χ4n) is 2.15. The predicted octanol–water partition coefficient (Wildman–Crippen LogP) is 2.33. The standard InChI is InChI=1S/C12H15NO/c1-8-4-5-9(2)12-11(8)10(14)6-7-13(12)3/h4-5H,6-7H2,1-3H3. The van der Waals surface area contributed by atoms with Crippen LogP contribution in [0.1, 0.15) is 27.9 Å². The van der Waals surface area contributed by atoms with Crippen molar-refractivity contribution in [2.45, 2.75) is 20.3 Å². The molecular formula is C12H15NO. The molecule has 0 spiro atoms. The van der Waals surface area contributed by atoms with Gasteiger partial charge in [-0.1, -0.05) is 12.1 Å². The summed E-state index contributed by atoms with van der Waals surface area (Å²) < 4.78 is 0. The van der Waals surface area contributed by atoms with Gasteiger partial charge in [0.1, 0.15) is 0 Å². The molecule has 0 aromatic heterocycles. The van der Waals surface area contributed by atoms with E-state index in [1.165, 1.54) is 5.56 Å². The number of fused-ring (bicyclic) bond motifs is 1. The van der Waals surface area contributed by atoms with Gasteiger partial charge in [0.05, 0.1) is 5.69 Å². The van der Waals surface area contributed by atoms with Crippen LogP contribution in [0.15, 0.2) is 12.1 Å². The molecule has 0 fully saturated rings. The summed E-state index contributed by atoms with van der Waals surface area (Å²) in [5.41, 5.74) is 4.35. The van der Waals surface area contributed by atoms with Crippen molar-refractivity contribution < 1.29 is 4.79 Å². The molecule has 0 unspecified atom stereocenters. The maximum atomic E-state index is 11.8. The van der Waals surface area contributed by atoms with E-state index in [-0.39, 0.29) is 0 Å². The molecule has 0 aliphatic carbocycles. The average molecular weight is 189 g/mol. The van der Waals surface area contributed by atoms with Gasteiger partial charge in [-0.3, -0.25) is 4.79 Å². The Morgan fingerprint density at radius 2 is 1.86 bits per heavy atom.